The maximum absolute atomic E-state index is 12.3. The quantitative estimate of drug-likeness (QED) is 0.234. The number of hydrogen-bond donors (Lipinski definition) is 3. The van der Waals surface area contributed by atoms with Crippen molar-refractivity contribution < 1.29 is 9.53 Å². The van der Waals surface area contributed by atoms with Gasteiger partial charge in [0.25, 0.3) is 0 Å². The number of rotatable bonds is 4. The molecule has 0 radical (unpaired) electrons. The number of carbonyl (C=O) groups is 1. The van der Waals surface area contributed by atoms with E-state index < -0.39 is 6.09 Å². The second-order valence-electron chi connectivity index (χ2n) is 7.32. The number of nitrogens with zero attached hydrogens (tertiary/aromatic N) is 1. The Morgan fingerprint density at radius 1 is 0.750 bits per heavy atom. The fourth-order valence-corrected chi connectivity index (χ4v) is 3.64. The van der Waals surface area contributed by atoms with Crippen LogP contribution in [0.25, 0.3) is 21.8 Å². The van der Waals surface area contributed by atoms with Gasteiger partial charge in [-0.3, -0.25) is 5.32 Å². The molecule has 0 bridgehead atoms. The summed E-state index contributed by atoms with van der Waals surface area (Å²) >= 11 is 0. The molecular formula is C26H20N4O2. The number of fused-ring (bicyclic) bond motifs is 2. The van der Waals surface area contributed by atoms with Crippen molar-refractivity contribution in [2.75, 3.05) is 16.4 Å². The fraction of sp³-hybridized carbons (Fsp3) is 0. The van der Waals surface area contributed by atoms with Crippen LogP contribution in [-0.2, 0) is 0 Å². The van der Waals surface area contributed by atoms with Crippen molar-refractivity contribution in [3.05, 3.63) is 97.1 Å². The highest BCUT2D eigenvalue weighted by atomic mass is 16.6. The molecule has 0 saturated heterocycles. The van der Waals surface area contributed by atoms with Crippen molar-refractivity contribution in [2.24, 2.45) is 0 Å². The van der Waals surface area contributed by atoms with E-state index in [1.807, 2.05) is 66.7 Å². The highest BCUT2D eigenvalue weighted by Crippen LogP contribution is 2.34. The first-order valence-electron chi connectivity index (χ1n) is 10.1. The lowest BCUT2D eigenvalue weighted by Gasteiger charge is -2.15. The van der Waals surface area contributed by atoms with E-state index in [4.69, 9.17) is 15.5 Å². The van der Waals surface area contributed by atoms with Crippen molar-refractivity contribution in [3.8, 4) is 5.75 Å². The number of benzene rings is 4. The SMILES string of the molecule is Nc1cc(Nc2c3ccccc3nc3ccccc23)cc(OC(=O)Nc2ccccc2)c1. The van der Waals surface area contributed by atoms with Crippen molar-refractivity contribution in [1.29, 1.82) is 0 Å². The number of nitrogens with two attached hydrogens (primary N) is 1. The third-order valence-electron chi connectivity index (χ3n) is 5.02. The predicted molar refractivity (Wildman–Crippen MR) is 129 cm³/mol. The minimum Gasteiger partial charge on any atom is -0.410 e. The third-order valence-corrected chi connectivity index (χ3v) is 5.02. The van der Waals surface area contributed by atoms with Gasteiger partial charge in [-0.1, -0.05) is 54.6 Å². The Morgan fingerprint density at radius 2 is 1.38 bits per heavy atom. The fourth-order valence-electron chi connectivity index (χ4n) is 3.64. The molecule has 1 heterocycles. The minimum absolute atomic E-state index is 0.337. The number of aromatic nitrogens is 1. The van der Waals surface area contributed by atoms with Crippen LogP contribution >= 0.6 is 0 Å². The molecular weight excluding hydrogens is 400 g/mol. The molecule has 1 amide bonds. The van der Waals surface area contributed by atoms with Crippen molar-refractivity contribution in [1.82, 2.24) is 4.98 Å². The number of nitrogens with one attached hydrogen (secondary N) is 2. The van der Waals surface area contributed by atoms with E-state index in [1.54, 1.807) is 30.3 Å². The van der Waals surface area contributed by atoms with Gasteiger partial charge in [-0.15, -0.1) is 0 Å². The molecule has 0 aliphatic heterocycles. The smallest absolute Gasteiger partial charge is 0.410 e. The van der Waals surface area contributed by atoms with Gasteiger partial charge in [0.2, 0.25) is 0 Å². The normalized spacial score (nSPS) is 10.8. The largest absolute Gasteiger partial charge is 0.417 e. The molecule has 5 aromatic rings. The second-order valence-corrected chi connectivity index (χ2v) is 7.32. The summed E-state index contributed by atoms with van der Waals surface area (Å²) in [5.41, 5.74) is 10.6. The van der Waals surface area contributed by atoms with Crippen LogP contribution < -0.4 is 21.1 Å². The van der Waals surface area contributed by atoms with E-state index in [0.29, 0.717) is 22.8 Å². The van der Waals surface area contributed by atoms with E-state index in [-0.39, 0.29) is 0 Å². The first-order chi connectivity index (χ1) is 15.7. The Labute approximate surface area is 184 Å². The highest BCUT2D eigenvalue weighted by molar-refractivity contribution is 6.08. The molecule has 0 saturated carbocycles. The Kier molecular flexibility index (Phi) is 5.01. The maximum Gasteiger partial charge on any atom is 0.417 e. The lowest BCUT2D eigenvalue weighted by atomic mass is 10.1. The zero-order chi connectivity index (χ0) is 21.9. The van der Waals surface area contributed by atoms with E-state index in [0.717, 1.165) is 27.5 Å². The van der Waals surface area contributed by atoms with E-state index in [9.17, 15) is 4.79 Å². The topological polar surface area (TPSA) is 89.3 Å². The van der Waals surface area contributed by atoms with Gasteiger partial charge >= 0.3 is 6.09 Å². The lowest BCUT2D eigenvalue weighted by molar-refractivity contribution is 0.215. The predicted octanol–water partition coefficient (Wildman–Crippen LogP) is 6.32. The molecule has 6 nitrogen and oxygen atoms in total. The van der Waals surface area contributed by atoms with E-state index >= 15 is 0 Å². The van der Waals surface area contributed by atoms with Gasteiger partial charge in [-0.2, -0.15) is 0 Å². The summed E-state index contributed by atoms with van der Waals surface area (Å²) < 4.78 is 5.47. The lowest BCUT2D eigenvalue weighted by Crippen LogP contribution is -2.16. The average Bonchev–Trinajstić information content (AvgIpc) is 2.79. The zero-order valence-electron chi connectivity index (χ0n) is 17.1. The number of pyridine rings is 1. The Morgan fingerprint density at radius 3 is 2.06 bits per heavy atom. The molecule has 5 rings (SSSR count). The van der Waals surface area contributed by atoms with Crippen LogP contribution in [0.3, 0.4) is 0 Å². The molecule has 0 aliphatic rings. The van der Waals surface area contributed by atoms with Crippen LogP contribution in [0.5, 0.6) is 5.75 Å². The van der Waals surface area contributed by atoms with Gasteiger partial charge in [-0.25, -0.2) is 9.78 Å². The summed E-state index contributed by atoms with van der Waals surface area (Å²) in [4.78, 5) is 17.1. The number of nitrogen functional groups attached to an aromatic ring is 1. The second kappa shape index (κ2) is 8.28. The van der Waals surface area contributed by atoms with E-state index in [1.165, 1.54) is 0 Å². The number of para-hydroxylation sites is 3. The molecule has 0 unspecified atom stereocenters. The summed E-state index contributed by atoms with van der Waals surface area (Å²) in [6, 6.07) is 30.2. The number of carbonyl (C=O) groups excluding carboxylic acids is 1. The monoisotopic (exact) mass is 420 g/mol. The summed E-state index contributed by atoms with van der Waals surface area (Å²) in [5, 5.41) is 8.13. The molecule has 0 spiro atoms. The number of ether oxygens (including phenoxy) is 1. The van der Waals surface area contributed by atoms with Crippen LogP contribution in [0.2, 0.25) is 0 Å². The minimum atomic E-state index is -0.590. The first-order valence-corrected chi connectivity index (χ1v) is 10.1. The molecule has 32 heavy (non-hydrogen) atoms. The molecule has 0 atom stereocenters. The van der Waals surface area contributed by atoms with Crippen LogP contribution in [-0.4, -0.2) is 11.1 Å². The Bertz CT molecular complexity index is 1380. The Hall–Kier alpha value is -4.58. The molecule has 4 N–H and O–H groups in total. The standard InChI is InChI=1S/C26H20N4O2/c27-17-14-19(16-20(15-17)32-26(31)29-18-8-2-1-3-9-18)28-25-21-10-4-6-12-23(21)30-24-13-7-5-11-22(24)25/h1-16H,27H2,(H,28,30)(H,29,31). The molecule has 6 heteroatoms. The van der Waals surface area contributed by atoms with Crippen molar-refractivity contribution in [2.45, 2.75) is 0 Å². The van der Waals surface area contributed by atoms with Crippen molar-refractivity contribution in [3.63, 3.8) is 0 Å². The molecule has 0 fully saturated rings. The number of anilines is 4. The summed E-state index contributed by atoms with van der Waals surface area (Å²) in [5.74, 6) is 0.337. The van der Waals surface area contributed by atoms with Crippen molar-refractivity contribution >= 4 is 50.6 Å². The zero-order valence-corrected chi connectivity index (χ0v) is 17.1. The highest BCUT2D eigenvalue weighted by Gasteiger charge is 2.11. The van der Waals surface area contributed by atoms with Gasteiger partial charge in [0, 0.05) is 40.0 Å². The van der Waals surface area contributed by atoms with Gasteiger partial charge in [0.05, 0.1) is 16.7 Å². The average molecular weight is 420 g/mol. The summed E-state index contributed by atoms with van der Waals surface area (Å²) in [6.45, 7) is 0. The number of hydrogen-bond acceptors (Lipinski definition) is 5. The molecule has 1 aromatic heterocycles. The summed E-state index contributed by atoms with van der Waals surface area (Å²) in [6.07, 6.45) is -0.590. The first kappa shape index (κ1) is 19.4. The van der Waals surface area contributed by atoms with Gasteiger partial charge in [0.15, 0.2) is 0 Å². The molecule has 156 valence electrons. The van der Waals surface area contributed by atoms with Crippen LogP contribution in [0, 0.1) is 0 Å². The van der Waals surface area contributed by atoms with Crippen LogP contribution in [0.1, 0.15) is 0 Å². The molecule has 0 aliphatic carbocycles. The maximum atomic E-state index is 12.3. The van der Waals surface area contributed by atoms with Gasteiger partial charge in [0.1, 0.15) is 5.75 Å². The van der Waals surface area contributed by atoms with Crippen LogP contribution in [0.15, 0.2) is 97.1 Å². The Balaban J connectivity index is 1.48. The van der Waals surface area contributed by atoms with Gasteiger partial charge < -0.3 is 15.8 Å². The van der Waals surface area contributed by atoms with Gasteiger partial charge in [-0.05, 0) is 30.3 Å². The van der Waals surface area contributed by atoms with Crippen LogP contribution in [0.4, 0.5) is 27.5 Å². The number of amides is 1. The molecule has 4 aromatic carbocycles. The van der Waals surface area contributed by atoms with E-state index in [2.05, 4.69) is 10.6 Å². The summed E-state index contributed by atoms with van der Waals surface area (Å²) in [7, 11) is 0. The third kappa shape index (κ3) is 4.02.